The molecule has 0 aliphatic carbocycles. The molecule has 0 fully saturated rings. The average molecular weight is 428 g/mol. The molecule has 2 aromatic carbocycles. The van der Waals surface area contributed by atoms with Gasteiger partial charge in [-0.2, -0.15) is 5.10 Å². The number of benzene rings is 2. The monoisotopic (exact) mass is 428 g/mol. The lowest BCUT2D eigenvalue weighted by Crippen LogP contribution is -2.00. The zero-order valence-electron chi connectivity index (χ0n) is 17.7. The van der Waals surface area contributed by atoms with Crippen LogP contribution in [0.1, 0.15) is 5.56 Å². The van der Waals surface area contributed by atoms with Crippen LogP contribution in [-0.4, -0.2) is 38.8 Å². The Morgan fingerprint density at radius 3 is 2.56 bits per heavy atom. The summed E-state index contributed by atoms with van der Waals surface area (Å²) < 4.78 is 18.8. The number of hydrogen-bond acceptors (Lipinski definition) is 8. The highest BCUT2D eigenvalue weighted by Crippen LogP contribution is 2.39. The molecule has 3 heterocycles. The molecule has 0 spiro atoms. The normalized spacial score (nSPS) is 11.0. The lowest BCUT2D eigenvalue weighted by Gasteiger charge is -2.15. The molecule has 0 aliphatic rings. The minimum absolute atomic E-state index is 0.577. The van der Waals surface area contributed by atoms with Gasteiger partial charge in [0.25, 0.3) is 0 Å². The lowest BCUT2D eigenvalue weighted by molar-refractivity contribution is 0.358. The second-order valence-corrected chi connectivity index (χ2v) is 7.05. The highest BCUT2D eigenvalue weighted by Gasteiger charge is 2.15. The second-order valence-electron chi connectivity index (χ2n) is 7.05. The van der Waals surface area contributed by atoms with Crippen molar-refractivity contribution < 1.29 is 14.2 Å². The Labute approximate surface area is 183 Å². The zero-order chi connectivity index (χ0) is 22.1. The minimum atomic E-state index is 0.577. The van der Waals surface area contributed by atoms with Gasteiger partial charge in [-0.3, -0.25) is 0 Å². The molecule has 0 radical (unpaired) electrons. The number of anilines is 2. The summed E-state index contributed by atoms with van der Waals surface area (Å²) in [6, 6.07) is 13.2. The lowest BCUT2D eigenvalue weighted by atomic mass is 10.1. The van der Waals surface area contributed by atoms with Crippen molar-refractivity contribution in [2.45, 2.75) is 6.92 Å². The third kappa shape index (κ3) is 3.49. The molecule has 3 aromatic heterocycles. The quantitative estimate of drug-likeness (QED) is 0.421. The molecule has 1 N–H and O–H groups in total. The summed E-state index contributed by atoms with van der Waals surface area (Å²) >= 11 is 0. The molecule has 5 rings (SSSR count). The van der Waals surface area contributed by atoms with Crippen LogP contribution < -0.4 is 19.5 Å². The van der Waals surface area contributed by atoms with E-state index in [1.807, 2.05) is 55.6 Å². The average Bonchev–Trinajstić information content (AvgIpc) is 3.28. The fraction of sp³-hybridized carbons (Fsp3) is 0.130. The maximum absolute atomic E-state index is 6.06. The fourth-order valence-corrected chi connectivity index (χ4v) is 3.53. The van der Waals surface area contributed by atoms with Crippen LogP contribution in [0.15, 0.2) is 61.3 Å². The molecule has 32 heavy (non-hydrogen) atoms. The Morgan fingerprint density at radius 1 is 0.875 bits per heavy atom. The summed E-state index contributed by atoms with van der Waals surface area (Å²) in [5, 5.41) is 8.20. The summed E-state index contributed by atoms with van der Waals surface area (Å²) in [7, 11) is 3.20. The molecule has 0 unspecified atom stereocenters. The highest BCUT2D eigenvalue weighted by atomic mass is 16.5. The first-order valence-electron chi connectivity index (χ1n) is 9.87. The zero-order valence-corrected chi connectivity index (χ0v) is 17.7. The maximum Gasteiger partial charge on any atom is 0.173 e. The third-order valence-corrected chi connectivity index (χ3v) is 5.06. The van der Waals surface area contributed by atoms with E-state index < -0.39 is 0 Å². The maximum atomic E-state index is 6.06. The van der Waals surface area contributed by atoms with E-state index in [9.17, 15) is 0 Å². The molecule has 0 bridgehead atoms. The Bertz CT molecular complexity index is 1430. The smallest absolute Gasteiger partial charge is 0.173 e. The third-order valence-electron chi connectivity index (χ3n) is 5.06. The number of methoxy groups -OCH3 is 2. The highest BCUT2D eigenvalue weighted by molar-refractivity contribution is 5.97. The van der Waals surface area contributed by atoms with E-state index in [0.717, 1.165) is 33.6 Å². The van der Waals surface area contributed by atoms with Crippen molar-refractivity contribution in [2.75, 3.05) is 19.5 Å². The van der Waals surface area contributed by atoms with Crippen molar-refractivity contribution in [3.63, 3.8) is 0 Å². The van der Waals surface area contributed by atoms with Crippen LogP contribution in [0.3, 0.4) is 0 Å². The van der Waals surface area contributed by atoms with E-state index in [4.69, 9.17) is 14.2 Å². The Kier molecular flexibility index (Phi) is 4.91. The van der Waals surface area contributed by atoms with Gasteiger partial charge in [0.05, 0.1) is 25.1 Å². The molecule has 9 nitrogen and oxygen atoms in total. The van der Waals surface area contributed by atoms with Crippen molar-refractivity contribution in [3.8, 4) is 23.0 Å². The van der Waals surface area contributed by atoms with Gasteiger partial charge in [-0.15, -0.1) is 0 Å². The van der Waals surface area contributed by atoms with Gasteiger partial charge < -0.3 is 19.5 Å². The molecule has 0 aliphatic heterocycles. The van der Waals surface area contributed by atoms with Gasteiger partial charge >= 0.3 is 0 Å². The predicted octanol–water partition coefficient (Wildman–Crippen LogP) is 4.53. The first-order valence-corrected chi connectivity index (χ1v) is 9.87. The molecule has 5 aromatic rings. The van der Waals surface area contributed by atoms with Crippen molar-refractivity contribution in [1.29, 1.82) is 0 Å². The Morgan fingerprint density at radius 2 is 1.75 bits per heavy atom. The van der Waals surface area contributed by atoms with Crippen molar-refractivity contribution >= 4 is 28.1 Å². The molecule has 9 heteroatoms. The Hall–Kier alpha value is -4.40. The first-order chi connectivity index (χ1) is 15.7. The summed E-state index contributed by atoms with van der Waals surface area (Å²) in [5.74, 6) is 3.24. The molecular weight excluding hydrogens is 408 g/mol. The number of fused-ring (bicyclic) bond motifs is 2. The standard InChI is InChI=1S/C23H20N6O3/c1-14-10-15(4-6-18(14)32-16-8-9-29-20(11-16)25-13-27-29)28-23-21-17(24-12-26-23)5-7-19(30-2)22(21)31-3/h4-13H,1-3H3,(H,24,26,28). The van der Waals surface area contributed by atoms with E-state index in [-0.39, 0.29) is 0 Å². The number of pyridine rings is 1. The van der Waals surface area contributed by atoms with Crippen LogP contribution in [-0.2, 0) is 0 Å². The van der Waals surface area contributed by atoms with Crippen LogP contribution in [0.5, 0.6) is 23.0 Å². The fourth-order valence-electron chi connectivity index (χ4n) is 3.53. The number of rotatable bonds is 6. The van der Waals surface area contributed by atoms with E-state index >= 15 is 0 Å². The topological polar surface area (TPSA) is 95.7 Å². The van der Waals surface area contributed by atoms with E-state index in [2.05, 4.69) is 25.4 Å². The van der Waals surface area contributed by atoms with E-state index in [1.165, 1.54) is 12.7 Å². The molecule has 0 saturated heterocycles. The van der Waals surface area contributed by atoms with Gasteiger partial charge in [-0.25, -0.2) is 19.5 Å². The molecule has 0 amide bonds. The van der Waals surface area contributed by atoms with E-state index in [1.54, 1.807) is 18.7 Å². The summed E-state index contributed by atoms with van der Waals surface area (Å²) in [6.07, 6.45) is 4.83. The van der Waals surface area contributed by atoms with Crippen molar-refractivity contribution in [2.24, 2.45) is 0 Å². The molecule has 0 saturated carbocycles. The van der Waals surface area contributed by atoms with Gasteiger partial charge in [0, 0.05) is 18.0 Å². The van der Waals surface area contributed by atoms with E-state index in [0.29, 0.717) is 23.1 Å². The molecule has 0 atom stereocenters. The van der Waals surface area contributed by atoms with Gasteiger partial charge in [-0.05, 0) is 48.9 Å². The van der Waals surface area contributed by atoms with Crippen molar-refractivity contribution in [1.82, 2.24) is 24.6 Å². The molecule has 160 valence electrons. The van der Waals surface area contributed by atoms with Crippen LogP contribution in [0.2, 0.25) is 0 Å². The van der Waals surface area contributed by atoms with Gasteiger partial charge in [-0.1, -0.05) is 0 Å². The van der Waals surface area contributed by atoms with Gasteiger partial charge in [0.15, 0.2) is 17.1 Å². The number of aryl methyl sites for hydroxylation is 1. The summed E-state index contributed by atoms with van der Waals surface area (Å²) in [6.45, 7) is 1.98. The van der Waals surface area contributed by atoms with Crippen LogP contribution >= 0.6 is 0 Å². The number of hydrogen-bond donors (Lipinski definition) is 1. The number of aromatic nitrogens is 5. The Balaban J connectivity index is 1.45. The van der Waals surface area contributed by atoms with Crippen LogP contribution in [0.4, 0.5) is 11.5 Å². The van der Waals surface area contributed by atoms with Crippen molar-refractivity contribution in [3.05, 3.63) is 66.9 Å². The largest absolute Gasteiger partial charge is 0.493 e. The minimum Gasteiger partial charge on any atom is -0.493 e. The SMILES string of the molecule is COc1ccc2ncnc(Nc3ccc(Oc4ccn5ncnc5c4)c(C)c3)c2c1OC. The molecular formula is C23H20N6O3. The summed E-state index contributed by atoms with van der Waals surface area (Å²) in [5.41, 5.74) is 3.28. The first kappa shape index (κ1) is 19.6. The number of nitrogens with zero attached hydrogens (tertiary/aromatic N) is 5. The predicted molar refractivity (Wildman–Crippen MR) is 120 cm³/mol. The number of ether oxygens (including phenoxy) is 3. The number of nitrogens with one attached hydrogen (secondary N) is 1. The second kappa shape index (κ2) is 8.03. The van der Waals surface area contributed by atoms with Gasteiger partial charge in [0.1, 0.15) is 30.0 Å². The van der Waals surface area contributed by atoms with Crippen LogP contribution in [0.25, 0.3) is 16.6 Å². The summed E-state index contributed by atoms with van der Waals surface area (Å²) in [4.78, 5) is 13.0. The van der Waals surface area contributed by atoms with Gasteiger partial charge in [0.2, 0.25) is 0 Å². The van der Waals surface area contributed by atoms with Crippen LogP contribution in [0, 0.1) is 6.92 Å².